The van der Waals surface area contributed by atoms with Crippen LogP contribution in [0.4, 0.5) is 18.0 Å². The number of alkyl halides is 3. The lowest BCUT2D eigenvalue weighted by Crippen LogP contribution is -2.61. The lowest BCUT2D eigenvalue weighted by atomic mass is 10.0. The van der Waals surface area contributed by atoms with Gasteiger partial charge in [-0.1, -0.05) is 11.6 Å². The van der Waals surface area contributed by atoms with Gasteiger partial charge < -0.3 is 14.4 Å². The van der Waals surface area contributed by atoms with Crippen LogP contribution in [-0.2, 0) is 29.5 Å². The standard InChI is InChI=1S/C22H27ClF3N3O7S2/c23-15-3-5-17(6-4-15)37(31,32)29-18(14-1-2-14)12-35-13-19(29)21(8-9-21)36-20(30)28-10-7-16(11-28)27-38(33,34)22(24,25)26/h3-6,14,16,18-19,27H,1-2,7-13H2/t16-,18-,19+/m0/s1. The van der Waals surface area contributed by atoms with Crippen molar-refractivity contribution in [3.8, 4) is 0 Å². The minimum absolute atomic E-state index is 0.0112. The van der Waals surface area contributed by atoms with Crippen molar-refractivity contribution >= 4 is 37.7 Å². The number of amides is 1. The Labute approximate surface area is 223 Å². The minimum atomic E-state index is -5.56. The Bertz CT molecular complexity index is 1290. The number of likely N-dealkylation sites (tertiary alicyclic amines) is 1. The lowest BCUT2D eigenvalue weighted by Gasteiger charge is -2.44. The molecule has 1 amide bonds. The summed E-state index contributed by atoms with van der Waals surface area (Å²) in [5, 5.41) is 0.384. The molecule has 5 rings (SSSR count). The molecule has 4 aliphatic rings. The first-order valence-electron chi connectivity index (χ1n) is 12.2. The Hall–Kier alpha value is -1.65. The van der Waals surface area contributed by atoms with E-state index in [1.165, 1.54) is 28.6 Å². The molecule has 0 unspecified atom stereocenters. The van der Waals surface area contributed by atoms with Gasteiger partial charge in [0.05, 0.1) is 30.2 Å². The van der Waals surface area contributed by atoms with Crippen LogP contribution in [0.2, 0.25) is 5.02 Å². The maximum Gasteiger partial charge on any atom is 0.511 e. The van der Waals surface area contributed by atoms with Gasteiger partial charge in [0.15, 0.2) is 0 Å². The Kier molecular flexibility index (Phi) is 7.17. The van der Waals surface area contributed by atoms with Gasteiger partial charge in [0.1, 0.15) is 5.60 Å². The number of nitrogens with zero attached hydrogens (tertiary/aromatic N) is 2. The van der Waals surface area contributed by atoms with Crippen LogP contribution in [0, 0.1) is 5.92 Å². The first-order chi connectivity index (χ1) is 17.7. The molecule has 0 spiro atoms. The van der Waals surface area contributed by atoms with Crippen molar-refractivity contribution in [1.82, 2.24) is 13.9 Å². The fourth-order valence-corrected chi connectivity index (χ4v) is 7.93. The van der Waals surface area contributed by atoms with Crippen LogP contribution < -0.4 is 4.72 Å². The summed E-state index contributed by atoms with van der Waals surface area (Å²) in [6, 6.07) is 3.47. The molecule has 2 saturated heterocycles. The zero-order valence-electron chi connectivity index (χ0n) is 20.1. The highest BCUT2D eigenvalue weighted by atomic mass is 35.5. The van der Waals surface area contributed by atoms with E-state index < -0.39 is 55.4 Å². The molecule has 2 saturated carbocycles. The molecule has 1 aromatic carbocycles. The van der Waals surface area contributed by atoms with Crippen LogP contribution >= 0.6 is 11.6 Å². The van der Waals surface area contributed by atoms with Crippen LogP contribution in [0.25, 0.3) is 0 Å². The third-order valence-corrected chi connectivity index (χ3v) is 10.9. The zero-order chi connectivity index (χ0) is 27.5. The molecule has 1 aromatic rings. The monoisotopic (exact) mass is 601 g/mol. The van der Waals surface area contributed by atoms with Gasteiger partial charge in [0.25, 0.3) is 0 Å². The van der Waals surface area contributed by atoms with Crippen molar-refractivity contribution < 1.29 is 44.3 Å². The first kappa shape index (κ1) is 27.9. The lowest BCUT2D eigenvalue weighted by molar-refractivity contribution is -0.0747. The summed E-state index contributed by atoms with van der Waals surface area (Å²) in [5.41, 5.74) is -6.62. The van der Waals surface area contributed by atoms with Crippen LogP contribution in [0.3, 0.4) is 0 Å². The van der Waals surface area contributed by atoms with Gasteiger partial charge in [0, 0.05) is 24.2 Å². The van der Waals surface area contributed by atoms with Crippen LogP contribution in [0.15, 0.2) is 29.2 Å². The molecule has 2 heterocycles. The highest BCUT2D eigenvalue weighted by Crippen LogP contribution is 2.50. The summed E-state index contributed by atoms with van der Waals surface area (Å²) < 4.78 is 103. The maximum absolute atomic E-state index is 13.8. The van der Waals surface area contributed by atoms with Gasteiger partial charge in [-0.05, 0) is 62.3 Å². The fourth-order valence-electron chi connectivity index (χ4n) is 5.13. The molecule has 4 fully saturated rings. The number of rotatable bonds is 7. The normalized spacial score (nSPS) is 28.3. The molecule has 16 heteroatoms. The quantitative estimate of drug-likeness (QED) is 0.510. The summed E-state index contributed by atoms with van der Waals surface area (Å²) in [6.45, 7) is -0.0933. The van der Waals surface area contributed by atoms with Crippen molar-refractivity contribution in [3.63, 3.8) is 0 Å². The van der Waals surface area contributed by atoms with E-state index in [4.69, 9.17) is 21.1 Å². The highest BCUT2D eigenvalue weighted by molar-refractivity contribution is 7.90. The third-order valence-electron chi connectivity index (χ3n) is 7.47. The fraction of sp³-hybridized carbons (Fsp3) is 0.682. The summed E-state index contributed by atoms with van der Waals surface area (Å²) in [4.78, 5) is 14.2. The molecular formula is C22H27ClF3N3O7S2. The molecule has 0 bridgehead atoms. The average Bonchev–Trinajstić information content (AvgIpc) is 3.77. The number of halogens is 4. The Morgan fingerprint density at radius 3 is 2.32 bits per heavy atom. The van der Waals surface area contributed by atoms with Gasteiger partial charge in [0.2, 0.25) is 10.0 Å². The van der Waals surface area contributed by atoms with Gasteiger partial charge in [-0.15, -0.1) is 0 Å². The van der Waals surface area contributed by atoms with Crippen molar-refractivity contribution in [2.24, 2.45) is 5.92 Å². The number of hydrogen-bond donors (Lipinski definition) is 1. The summed E-state index contributed by atoms with van der Waals surface area (Å²) in [7, 11) is -9.57. The molecule has 38 heavy (non-hydrogen) atoms. The summed E-state index contributed by atoms with van der Waals surface area (Å²) in [6.07, 6.45) is 1.61. The second kappa shape index (κ2) is 9.77. The van der Waals surface area contributed by atoms with Crippen LogP contribution in [0.5, 0.6) is 0 Å². The zero-order valence-corrected chi connectivity index (χ0v) is 22.5. The van der Waals surface area contributed by atoms with Gasteiger partial charge in [-0.25, -0.2) is 26.4 Å². The Balaban J connectivity index is 1.33. The maximum atomic E-state index is 13.8. The van der Waals surface area contributed by atoms with E-state index in [0.717, 1.165) is 17.7 Å². The molecule has 0 radical (unpaired) electrons. The van der Waals surface area contributed by atoms with Crippen molar-refractivity contribution in [3.05, 3.63) is 29.3 Å². The molecule has 0 aromatic heterocycles. The second-order valence-electron chi connectivity index (χ2n) is 10.2. The smallest absolute Gasteiger partial charge is 0.441 e. The van der Waals surface area contributed by atoms with Crippen molar-refractivity contribution in [2.75, 3.05) is 26.3 Å². The second-order valence-corrected chi connectivity index (χ2v) is 14.2. The SMILES string of the molecule is O=C(OC1([C@H]2COC[C@@H](C3CC3)N2S(=O)(=O)c2ccc(Cl)cc2)CC1)N1CC[C@H](NS(=O)(=O)C(F)(F)F)C1. The van der Waals surface area contributed by atoms with E-state index in [2.05, 4.69) is 0 Å². The number of carbonyl (C=O) groups excluding carboxylic acids is 1. The molecule has 2 aliphatic carbocycles. The predicted molar refractivity (Wildman–Crippen MR) is 128 cm³/mol. The Morgan fingerprint density at radius 1 is 1.08 bits per heavy atom. The number of morpholine rings is 1. The van der Waals surface area contributed by atoms with E-state index in [-0.39, 0.29) is 43.5 Å². The average molecular weight is 602 g/mol. The molecule has 212 valence electrons. The topological polar surface area (TPSA) is 122 Å². The van der Waals surface area contributed by atoms with E-state index in [0.29, 0.717) is 17.9 Å². The van der Waals surface area contributed by atoms with Crippen LogP contribution in [-0.4, -0.2) is 87.7 Å². The highest BCUT2D eigenvalue weighted by Gasteiger charge is 2.62. The molecule has 1 N–H and O–H groups in total. The molecule has 10 nitrogen and oxygen atoms in total. The summed E-state index contributed by atoms with van der Waals surface area (Å²) >= 11 is 5.95. The Morgan fingerprint density at radius 2 is 1.74 bits per heavy atom. The van der Waals surface area contributed by atoms with E-state index >= 15 is 0 Å². The van der Waals surface area contributed by atoms with Gasteiger partial charge in [-0.2, -0.15) is 17.5 Å². The van der Waals surface area contributed by atoms with Gasteiger partial charge in [-0.3, -0.25) is 0 Å². The number of nitrogens with one attached hydrogen (secondary N) is 1. The number of sulfonamides is 2. The van der Waals surface area contributed by atoms with E-state index in [1.54, 1.807) is 4.72 Å². The van der Waals surface area contributed by atoms with Gasteiger partial charge >= 0.3 is 21.6 Å². The van der Waals surface area contributed by atoms with E-state index in [1.807, 2.05) is 0 Å². The number of ether oxygens (including phenoxy) is 2. The number of hydrogen-bond acceptors (Lipinski definition) is 7. The molecule has 3 atom stereocenters. The summed E-state index contributed by atoms with van der Waals surface area (Å²) in [5.74, 6) is 0.118. The van der Waals surface area contributed by atoms with Crippen molar-refractivity contribution in [1.29, 1.82) is 0 Å². The van der Waals surface area contributed by atoms with Crippen molar-refractivity contribution in [2.45, 2.75) is 66.2 Å². The van der Waals surface area contributed by atoms with Crippen LogP contribution in [0.1, 0.15) is 32.1 Å². The van der Waals surface area contributed by atoms with E-state index in [9.17, 15) is 34.8 Å². The molecular weight excluding hydrogens is 575 g/mol. The molecule has 2 aliphatic heterocycles. The number of benzene rings is 1. The minimum Gasteiger partial charge on any atom is -0.441 e. The third kappa shape index (κ3) is 5.37. The number of carbonyl (C=O) groups is 1. The largest absolute Gasteiger partial charge is 0.511 e. The predicted octanol–water partition coefficient (Wildman–Crippen LogP) is 2.69. The first-order valence-corrected chi connectivity index (χ1v) is 15.5.